The van der Waals surface area contributed by atoms with E-state index < -0.39 is 0 Å². The van der Waals surface area contributed by atoms with Crippen LogP contribution in [0.25, 0.3) is 0 Å². The lowest BCUT2D eigenvalue weighted by molar-refractivity contribution is -0.140. The Kier molecular flexibility index (Phi) is 8.28. The SMILES string of the molecule is CCCOc1ccc(CCN)c(OCCCC(=O)OC)c1. The summed E-state index contributed by atoms with van der Waals surface area (Å²) in [6, 6.07) is 5.80. The Morgan fingerprint density at radius 3 is 2.71 bits per heavy atom. The molecule has 5 heteroatoms. The summed E-state index contributed by atoms with van der Waals surface area (Å²) < 4.78 is 16.0. The van der Waals surface area contributed by atoms with Crippen LogP contribution >= 0.6 is 0 Å². The van der Waals surface area contributed by atoms with Crippen LogP contribution in [-0.4, -0.2) is 32.8 Å². The normalized spacial score (nSPS) is 10.2. The third kappa shape index (κ3) is 6.49. The molecule has 0 unspecified atom stereocenters. The fourth-order valence-corrected chi connectivity index (χ4v) is 1.84. The van der Waals surface area contributed by atoms with Crippen molar-refractivity contribution in [3.8, 4) is 11.5 Å². The van der Waals surface area contributed by atoms with Crippen LogP contribution in [0.3, 0.4) is 0 Å². The van der Waals surface area contributed by atoms with Crippen LogP contribution in [0.1, 0.15) is 31.7 Å². The summed E-state index contributed by atoms with van der Waals surface area (Å²) in [6.07, 6.45) is 2.68. The van der Waals surface area contributed by atoms with Crippen LogP contribution in [0.5, 0.6) is 11.5 Å². The molecule has 2 N–H and O–H groups in total. The van der Waals surface area contributed by atoms with Gasteiger partial charge in [-0.2, -0.15) is 0 Å². The van der Waals surface area contributed by atoms with Crippen LogP contribution in [0.15, 0.2) is 18.2 Å². The predicted octanol–water partition coefficient (Wildman–Crippen LogP) is 2.31. The molecule has 0 aliphatic carbocycles. The highest BCUT2D eigenvalue weighted by atomic mass is 16.5. The highest BCUT2D eigenvalue weighted by Crippen LogP contribution is 2.25. The maximum absolute atomic E-state index is 11.1. The monoisotopic (exact) mass is 295 g/mol. The lowest BCUT2D eigenvalue weighted by Gasteiger charge is -2.13. The number of hydrogen-bond donors (Lipinski definition) is 1. The average Bonchev–Trinajstić information content (AvgIpc) is 2.51. The molecule has 5 nitrogen and oxygen atoms in total. The number of ether oxygens (including phenoxy) is 3. The molecule has 0 amide bonds. The van der Waals surface area contributed by atoms with Gasteiger partial charge in [-0.3, -0.25) is 4.79 Å². The van der Waals surface area contributed by atoms with Crippen molar-refractivity contribution < 1.29 is 19.0 Å². The Labute approximate surface area is 126 Å². The van der Waals surface area contributed by atoms with E-state index in [1.807, 2.05) is 18.2 Å². The zero-order chi connectivity index (χ0) is 15.5. The fraction of sp³-hybridized carbons (Fsp3) is 0.562. The summed E-state index contributed by atoms with van der Waals surface area (Å²) in [5.74, 6) is 1.35. The third-order valence-corrected chi connectivity index (χ3v) is 2.94. The molecule has 0 saturated carbocycles. The van der Waals surface area contributed by atoms with E-state index in [1.54, 1.807) is 0 Å². The molecule has 0 atom stereocenters. The first kappa shape index (κ1) is 17.3. The summed E-state index contributed by atoms with van der Waals surface area (Å²) in [5.41, 5.74) is 6.67. The molecule has 0 bridgehead atoms. The molecule has 21 heavy (non-hydrogen) atoms. The van der Waals surface area contributed by atoms with Crippen LogP contribution in [0.2, 0.25) is 0 Å². The van der Waals surface area contributed by atoms with Gasteiger partial charge in [0.2, 0.25) is 0 Å². The second-order valence-corrected chi connectivity index (χ2v) is 4.68. The lowest BCUT2D eigenvalue weighted by atomic mass is 10.1. The van der Waals surface area contributed by atoms with Crippen molar-refractivity contribution in [2.45, 2.75) is 32.6 Å². The van der Waals surface area contributed by atoms with Gasteiger partial charge in [0, 0.05) is 12.5 Å². The van der Waals surface area contributed by atoms with Gasteiger partial charge in [0.25, 0.3) is 0 Å². The van der Waals surface area contributed by atoms with Gasteiger partial charge in [-0.05, 0) is 37.4 Å². The van der Waals surface area contributed by atoms with Gasteiger partial charge < -0.3 is 19.9 Å². The van der Waals surface area contributed by atoms with Gasteiger partial charge >= 0.3 is 5.97 Å². The molecular formula is C16H25NO4. The lowest BCUT2D eigenvalue weighted by Crippen LogP contribution is -2.08. The molecule has 0 aliphatic heterocycles. The van der Waals surface area contributed by atoms with Gasteiger partial charge in [-0.15, -0.1) is 0 Å². The quantitative estimate of drug-likeness (QED) is 0.530. The number of esters is 1. The molecular weight excluding hydrogens is 270 g/mol. The molecule has 0 aliphatic rings. The Balaban J connectivity index is 2.60. The Hall–Kier alpha value is -1.75. The number of nitrogens with two attached hydrogens (primary N) is 1. The zero-order valence-electron chi connectivity index (χ0n) is 12.9. The highest BCUT2D eigenvalue weighted by Gasteiger charge is 2.07. The third-order valence-electron chi connectivity index (χ3n) is 2.94. The molecule has 1 rings (SSSR count). The van der Waals surface area contributed by atoms with Crippen LogP contribution in [0, 0.1) is 0 Å². The first-order valence-corrected chi connectivity index (χ1v) is 7.36. The second-order valence-electron chi connectivity index (χ2n) is 4.68. The molecule has 1 aromatic rings. The minimum atomic E-state index is -0.221. The van der Waals surface area contributed by atoms with Gasteiger partial charge in [0.15, 0.2) is 0 Å². The first-order chi connectivity index (χ1) is 10.2. The number of hydrogen-bond acceptors (Lipinski definition) is 5. The highest BCUT2D eigenvalue weighted by molar-refractivity contribution is 5.69. The average molecular weight is 295 g/mol. The summed E-state index contributed by atoms with van der Waals surface area (Å²) in [7, 11) is 1.39. The number of methoxy groups -OCH3 is 1. The minimum Gasteiger partial charge on any atom is -0.493 e. The van der Waals surface area contributed by atoms with Crippen molar-refractivity contribution in [2.24, 2.45) is 5.73 Å². The molecule has 1 aromatic carbocycles. The van der Waals surface area contributed by atoms with E-state index in [4.69, 9.17) is 15.2 Å². The maximum atomic E-state index is 11.1. The molecule has 0 radical (unpaired) electrons. The molecule has 0 aromatic heterocycles. The molecule has 0 heterocycles. The van der Waals surface area contributed by atoms with Crippen LogP contribution in [-0.2, 0) is 16.0 Å². The molecule has 0 fully saturated rings. The largest absolute Gasteiger partial charge is 0.493 e. The van der Waals surface area contributed by atoms with Crippen LogP contribution in [0.4, 0.5) is 0 Å². The zero-order valence-corrected chi connectivity index (χ0v) is 12.9. The summed E-state index contributed by atoms with van der Waals surface area (Å²) >= 11 is 0. The van der Waals surface area contributed by atoms with Crippen molar-refractivity contribution >= 4 is 5.97 Å². The minimum absolute atomic E-state index is 0.221. The van der Waals surface area contributed by atoms with Crippen molar-refractivity contribution in [3.63, 3.8) is 0 Å². The van der Waals surface area contributed by atoms with E-state index in [0.717, 1.165) is 29.9 Å². The summed E-state index contributed by atoms with van der Waals surface area (Å²) in [6.45, 7) is 3.77. The molecule has 0 spiro atoms. The summed E-state index contributed by atoms with van der Waals surface area (Å²) in [4.78, 5) is 11.1. The van der Waals surface area contributed by atoms with E-state index in [9.17, 15) is 4.79 Å². The van der Waals surface area contributed by atoms with E-state index in [1.165, 1.54) is 7.11 Å². The van der Waals surface area contributed by atoms with Gasteiger partial charge in [-0.1, -0.05) is 13.0 Å². The number of carbonyl (C=O) groups excluding carboxylic acids is 1. The van der Waals surface area contributed by atoms with Crippen molar-refractivity contribution in [2.75, 3.05) is 26.9 Å². The Morgan fingerprint density at radius 1 is 1.24 bits per heavy atom. The van der Waals surface area contributed by atoms with E-state index in [2.05, 4.69) is 11.7 Å². The van der Waals surface area contributed by atoms with Crippen LogP contribution < -0.4 is 15.2 Å². The van der Waals surface area contributed by atoms with Crippen molar-refractivity contribution in [1.29, 1.82) is 0 Å². The second kappa shape index (κ2) is 10.0. The van der Waals surface area contributed by atoms with E-state index in [-0.39, 0.29) is 5.97 Å². The van der Waals surface area contributed by atoms with E-state index >= 15 is 0 Å². The molecule has 118 valence electrons. The topological polar surface area (TPSA) is 70.8 Å². The Bertz CT molecular complexity index is 434. The van der Waals surface area contributed by atoms with Gasteiger partial charge in [-0.25, -0.2) is 0 Å². The number of carbonyl (C=O) groups is 1. The predicted molar refractivity (Wildman–Crippen MR) is 81.7 cm³/mol. The standard InChI is InChI=1S/C16H25NO4/c1-3-10-20-14-7-6-13(8-9-17)15(12-14)21-11-4-5-16(18)19-2/h6-7,12H,3-5,8-11,17H2,1-2H3. The Morgan fingerprint density at radius 2 is 2.05 bits per heavy atom. The van der Waals surface area contributed by atoms with Crippen molar-refractivity contribution in [1.82, 2.24) is 0 Å². The van der Waals surface area contributed by atoms with E-state index in [0.29, 0.717) is 32.6 Å². The smallest absolute Gasteiger partial charge is 0.305 e. The number of rotatable bonds is 10. The maximum Gasteiger partial charge on any atom is 0.305 e. The number of benzene rings is 1. The summed E-state index contributed by atoms with van der Waals surface area (Å²) in [5, 5.41) is 0. The fourth-order valence-electron chi connectivity index (χ4n) is 1.84. The van der Waals surface area contributed by atoms with Gasteiger partial charge in [0.1, 0.15) is 11.5 Å². The van der Waals surface area contributed by atoms with Crippen molar-refractivity contribution in [3.05, 3.63) is 23.8 Å². The molecule has 0 saturated heterocycles. The van der Waals surface area contributed by atoms with Gasteiger partial charge in [0.05, 0.1) is 20.3 Å². The first-order valence-electron chi connectivity index (χ1n) is 7.36.